The number of hydrogen-bond acceptors (Lipinski definition) is 2. The van der Waals surface area contributed by atoms with E-state index in [1.54, 1.807) is 0 Å². The third-order valence-electron chi connectivity index (χ3n) is 9.58. The molecule has 0 spiro atoms. The summed E-state index contributed by atoms with van der Waals surface area (Å²) in [5, 5.41) is 11.6. The van der Waals surface area contributed by atoms with Crippen LogP contribution in [0.1, 0.15) is 17.0 Å². The van der Waals surface area contributed by atoms with Crippen molar-refractivity contribution in [1.82, 2.24) is 4.57 Å². The summed E-state index contributed by atoms with van der Waals surface area (Å²) in [6.07, 6.45) is 8.99. The molecule has 0 saturated carbocycles. The second-order valence-electron chi connectivity index (χ2n) is 12.1. The maximum absolute atomic E-state index is 9.15. The van der Waals surface area contributed by atoms with Crippen LogP contribution in [-0.2, 0) is 0 Å². The molecule has 46 heavy (non-hydrogen) atoms. The summed E-state index contributed by atoms with van der Waals surface area (Å²) >= 11 is 0. The van der Waals surface area contributed by atoms with Crippen LogP contribution in [0.15, 0.2) is 164 Å². The molecule has 0 saturated heterocycles. The third kappa shape index (κ3) is 4.12. The first-order chi connectivity index (χ1) is 22.8. The van der Waals surface area contributed by atoms with Crippen molar-refractivity contribution in [2.24, 2.45) is 0 Å². The van der Waals surface area contributed by atoms with E-state index < -0.39 is 0 Å². The van der Waals surface area contributed by atoms with Gasteiger partial charge in [0.2, 0.25) is 0 Å². The van der Waals surface area contributed by atoms with Crippen LogP contribution < -0.4 is 4.90 Å². The number of allylic oxidation sites excluding steroid dienone is 2. The Morgan fingerprint density at radius 3 is 1.91 bits per heavy atom. The molecule has 9 rings (SSSR count). The van der Waals surface area contributed by atoms with Gasteiger partial charge in [0.05, 0.1) is 28.7 Å². The van der Waals surface area contributed by atoms with Gasteiger partial charge in [-0.25, -0.2) is 0 Å². The fourth-order valence-corrected chi connectivity index (χ4v) is 7.38. The molecule has 0 radical (unpaired) electrons. The molecule has 3 nitrogen and oxygen atoms in total. The highest BCUT2D eigenvalue weighted by atomic mass is 15.2. The van der Waals surface area contributed by atoms with Crippen molar-refractivity contribution < 1.29 is 0 Å². The quantitative estimate of drug-likeness (QED) is 0.205. The lowest BCUT2D eigenvalue weighted by molar-refractivity contribution is 0.745. The summed E-state index contributed by atoms with van der Waals surface area (Å²) < 4.78 is 2.35. The van der Waals surface area contributed by atoms with E-state index in [0.717, 1.165) is 16.8 Å². The summed E-state index contributed by atoms with van der Waals surface area (Å²) in [4.78, 5) is 2.48. The first kappa shape index (κ1) is 26.3. The first-order valence-electron chi connectivity index (χ1n) is 15.7. The Morgan fingerprint density at radius 2 is 1.13 bits per heavy atom. The molecule has 0 amide bonds. The van der Waals surface area contributed by atoms with E-state index in [-0.39, 0.29) is 0 Å². The average molecular weight is 588 g/mol. The third-order valence-corrected chi connectivity index (χ3v) is 9.58. The van der Waals surface area contributed by atoms with E-state index in [9.17, 15) is 0 Å². The lowest BCUT2D eigenvalue weighted by Gasteiger charge is -2.28. The van der Waals surface area contributed by atoms with E-state index in [1.165, 1.54) is 49.9 Å². The van der Waals surface area contributed by atoms with Crippen LogP contribution in [0.4, 0.5) is 11.4 Å². The second kappa shape index (κ2) is 10.5. The van der Waals surface area contributed by atoms with Crippen LogP contribution in [-0.4, -0.2) is 10.6 Å². The number of aromatic nitrogens is 1. The maximum Gasteiger partial charge on any atom is 0.0991 e. The number of nitriles is 1. The molecule has 0 bridgehead atoms. The standard InChI is InChI=1S/C43H29N3/c44-28-29-13-15-30(16-14-29)31-17-22-35(23-18-31)46-42-12-6-3-9-38(42)39-27-33(21-26-43(39)46)32-19-24-34(25-20-32)45-40-10-4-1-7-36(40)37-8-2-5-11-41(37)45/h1-27,36,40H. The highest BCUT2D eigenvalue weighted by Crippen LogP contribution is 2.47. The zero-order valence-electron chi connectivity index (χ0n) is 25.1. The van der Waals surface area contributed by atoms with Crippen molar-refractivity contribution in [3.63, 3.8) is 0 Å². The Balaban J connectivity index is 1.08. The van der Waals surface area contributed by atoms with Gasteiger partial charge in [-0.05, 0) is 88.5 Å². The zero-order valence-corrected chi connectivity index (χ0v) is 25.1. The monoisotopic (exact) mass is 587 g/mol. The maximum atomic E-state index is 9.15. The highest BCUT2D eigenvalue weighted by Gasteiger charge is 2.36. The van der Waals surface area contributed by atoms with Gasteiger partial charge in [-0.1, -0.05) is 103 Å². The van der Waals surface area contributed by atoms with Crippen LogP contribution in [0.2, 0.25) is 0 Å². The predicted octanol–water partition coefficient (Wildman–Crippen LogP) is 10.7. The van der Waals surface area contributed by atoms with Gasteiger partial charge in [0.25, 0.3) is 0 Å². The minimum absolute atomic E-state index is 0.300. The van der Waals surface area contributed by atoms with E-state index >= 15 is 0 Å². The van der Waals surface area contributed by atoms with Gasteiger partial charge in [0.15, 0.2) is 0 Å². The van der Waals surface area contributed by atoms with Crippen LogP contribution in [0.5, 0.6) is 0 Å². The first-order valence-corrected chi connectivity index (χ1v) is 15.7. The smallest absolute Gasteiger partial charge is 0.0991 e. The molecule has 2 unspecified atom stereocenters. The number of para-hydroxylation sites is 2. The van der Waals surface area contributed by atoms with Gasteiger partial charge in [-0.3, -0.25) is 0 Å². The van der Waals surface area contributed by atoms with Gasteiger partial charge in [-0.2, -0.15) is 5.26 Å². The van der Waals surface area contributed by atoms with Crippen LogP contribution in [0.3, 0.4) is 0 Å². The molecule has 7 aromatic rings. The zero-order chi connectivity index (χ0) is 30.6. The average Bonchev–Trinajstić information content (AvgIpc) is 3.64. The lowest BCUT2D eigenvalue weighted by atomic mass is 9.91. The molecule has 6 aromatic carbocycles. The summed E-state index contributed by atoms with van der Waals surface area (Å²) in [5.74, 6) is 0.382. The largest absolute Gasteiger partial charge is 0.333 e. The fraction of sp³-hybridized carbons (Fsp3) is 0.0465. The minimum atomic E-state index is 0.300. The molecule has 1 aliphatic carbocycles. The molecular weight excluding hydrogens is 558 g/mol. The van der Waals surface area contributed by atoms with E-state index in [2.05, 4.69) is 155 Å². The molecule has 0 N–H and O–H groups in total. The number of fused-ring (bicyclic) bond motifs is 6. The van der Waals surface area contributed by atoms with E-state index in [4.69, 9.17) is 5.26 Å². The van der Waals surface area contributed by atoms with Crippen molar-refractivity contribution in [3.8, 4) is 34.0 Å². The van der Waals surface area contributed by atoms with Crippen LogP contribution in [0, 0.1) is 11.3 Å². The Bertz CT molecular complexity index is 2370. The topological polar surface area (TPSA) is 32.0 Å². The SMILES string of the molecule is N#Cc1ccc(-c2ccc(-n3c4ccccc4c4cc(-c5ccc(N6c7ccccc7C7C=CC=CC76)cc5)ccc43)cc2)cc1. The van der Waals surface area contributed by atoms with Gasteiger partial charge < -0.3 is 9.47 Å². The molecule has 2 heterocycles. The van der Waals surface area contributed by atoms with Crippen LogP contribution >= 0.6 is 0 Å². The number of hydrogen-bond donors (Lipinski definition) is 0. The lowest BCUT2D eigenvalue weighted by Crippen LogP contribution is -2.28. The molecule has 216 valence electrons. The number of rotatable bonds is 4. The molecule has 1 aliphatic heterocycles. The van der Waals surface area contributed by atoms with Gasteiger partial charge in [0.1, 0.15) is 0 Å². The van der Waals surface area contributed by atoms with Crippen molar-refractivity contribution in [3.05, 3.63) is 175 Å². The molecule has 1 aromatic heterocycles. The number of anilines is 2. The van der Waals surface area contributed by atoms with Crippen molar-refractivity contribution in [1.29, 1.82) is 5.26 Å². The molecule has 3 heteroatoms. The molecule has 2 atom stereocenters. The van der Waals surface area contributed by atoms with Crippen molar-refractivity contribution in [2.45, 2.75) is 12.0 Å². The summed E-state index contributed by atoms with van der Waals surface area (Å²) in [7, 11) is 0. The summed E-state index contributed by atoms with van der Waals surface area (Å²) in [5.41, 5.74) is 12.7. The Hall–Kier alpha value is -6.11. The molecule has 2 aliphatic rings. The molecular formula is C43H29N3. The van der Waals surface area contributed by atoms with E-state index in [1.807, 2.05) is 24.3 Å². The van der Waals surface area contributed by atoms with Gasteiger partial charge in [-0.15, -0.1) is 0 Å². The van der Waals surface area contributed by atoms with E-state index in [0.29, 0.717) is 17.5 Å². The Morgan fingerprint density at radius 1 is 0.522 bits per heavy atom. The van der Waals surface area contributed by atoms with Gasteiger partial charge >= 0.3 is 0 Å². The van der Waals surface area contributed by atoms with Crippen molar-refractivity contribution in [2.75, 3.05) is 4.90 Å². The fourth-order valence-electron chi connectivity index (χ4n) is 7.38. The number of benzene rings is 6. The van der Waals surface area contributed by atoms with Crippen LogP contribution in [0.25, 0.3) is 49.7 Å². The minimum Gasteiger partial charge on any atom is -0.333 e. The Kier molecular flexibility index (Phi) is 6.01. The van der Waals surface area contributed by atoms with Gasteiger partial charge in [0, 0.05) is 33.8 Å². The molecule has 0 fully saturated rings. The van der Waals surface area contributed by atoms with Crippen molar-refractivity contribution >= 4 is 33.2 Å². The highest BCUT2D eigenvalue weighted by molar-refractivity contribution is 6.10. The predicted molar refractivity (Wildman–Crippen MR) is 190 cm³/mol. The second-order valence-corrected chi connectivity index (χ2v) is 12.1. The number of nitrogens with zero attached hydrogens (tertiary/aromatic N) is 3. The summed E-state index contributed by atoms with van der Waals surface area (Å²) in [6.45, 7) is 0. The Labute approximate surface area is 268 Å². The normalized spacial score (nSPS) is 16.5. The summed E-state index contributed by atoms with van der Waals surface area (Å²) in [6, 6.07) is 52.3.